The van der Waals surface area contributed by atoms with Gasteiger partial charge in [0.15, 0.2) is 0 Å². The molecule has 1 heterocycles. The Bertz CT molecular complexity index is 1480. The number of carboxylic acids is 2. The van der Waals surface area contributed by atoms with Gasteiger partial charge in [0.2, 0.25) is 11.7 Å². The molecule has 1 aromatic heterocycles. The number of carbonyl (C=O) groups is 5. The third-order valence-electron chi connectivity index (χ3n) is 5.87. The van der Waals surface area contributed by atoms with Crippen LogP contribution >= 0.6 is 0 Å². The molecule has 2 unspecified atom stereocenters. The first kappa shape index (κ1) is 28.5. The Labute approximate surface area is 221 Å². The maximum atomic E-state index is 12.6. The molecule has 0 radical (unpaired) electrons. The monoisotopic (exact) mass is 538 g/mol. The van der Waals surface area contributed by atoms with Crippen molar-refractivity contribution >= 4 is 46.4 Å². The van der Waals surface area contributed by atoms with E-state index in [1.807, 2.05) is 0 Å². The number of nitrogens with zero attached hydrogens (tertiary/aromatic N) is 1. The Kier molecular flexibility index (Phi) is 9.10. The highest BCUT2D eigenvalue weighted by molar-refractivity contribution is 6.32. The number of aliphatic carboxylic acids is 2. The van der Waals surface area contributed by atoms with Crippen molar-refractivity contribution in [1.29, 1.82) is 0 Å². The van der Waals surface area contributed by atoms with Gasteiger partial charge in [-0.3, -0.25) is 24.2 Å². The molecule has 6 N–H and O–H groups in total. The summed E-state index contributed by atoms with van der Waals surface area (Å²) in [5.41, 5.74) is 7.03. The fourth-order valence-electron chi connectivity index (χ4n) is 3.84. The van der Waals surface area contributed by atoms with E-state index in [4.69, 9.17) is 15.6 Å². The van der Waals surface area contributed by atoms with E-state index in [9.17, 15) is 33.9 Å². The number of nitrogen functional groups attached to an aromatic ring is 1. The summed E-state index contributed by atoms with van der Waals surface area (Å²) in [6, 6.07) is 9.68. The number of esters is 1. The molecule has 39 heavy (non-hydrogen) atoms. The van der Waals surface area contributed by atoms with Gasteiger partial charge < -0.3 is 26.0 Å². The molecule has 0 spiro atoms. The molecule has 3 aromatic rings. The molecule has 3 rings (SSSR count). The number of fused-ring (bicyclic) bond motifs is 1. The van der Waals surface area contributed by atoms with E-state index in [-0.39, 0.29) is 31.0 Å². The number of aromatic amines is 1. The quantitative estimate of drug-likeness (QED) is 0.162. The van der Waals surface area contributed by atoms with Crippen molar-refractivity contribution in [2.45, 2.75) is 38.1 Å². The molecule has 0 bridgehead atoms. The van der Waals surface area contributed by atoms with Crippen LogP contribution in [-0.2, 0) is 30.3 Å². The van der Waals surface area contributed by atoms with E-state index in [2.05, 4.69) is 15.3 Å². The lowest BCUT2D eigenvalue weighted by Gasteiger charge is -2.18. The van der Waals surface area contributed by atoms with Gasteiger partial charge in [0.1, 0.15) is 6.04 Å². The van der Waals surface area contributed by atoms with Crippen LogP contribution < -0.4 is 16.6 Å². The number of Topliss-reactive ketones (excluding diaryl/α,β-unsaturated/α-hetero) is 1. The van der Waals surface area contributed by atoms with E-state index in [0.29, 0.717) is 22.0 Å². The zero-order valence-corrected chi connectivity index (χ0v) is 20.8. The molecule has 13 nitrogen and oxygen atoms in total. The molecule has 0 saturated heterocycles. The van der Waals surface area contributed by atoms with Crippen LogP contribution in [0, 0.1) is 0 Å². The van der Waals surface area contributed by atoms with Crippen LogP contribution in [0.15, 0.2) is 47.3 Å². The molecule has 1 amide bonds. The first-order chi connectivity index (χ1) is 18.4. The van der Waals surface area contributed by atoms with Crippen LogP contribution in [0.1, 0.15) is 47.2 Å². The molecule has 0 aliphatic rings. The Morgan fingerprint density at radius 1 is 1.08 bits per heavy atom. The Hall–Kier alpha value is -5.07. The largest absolute Gasteiger partial charge is 0.481 e. The number of nitrogens with one attached hydrogen (secondary N) is 2. The lowest BCUT2D eigenvalue weighted by Crippen LogP contribution is -2.41. The van der Waals surface area contributed by atoms with Crippen LogP contribution in [0.5, 0.6) is 0 Å². The standard InChI is InChI=1S/C26H26N4O9/c1-13(31)25(38)39-12-17(10-14-2-7-19-18(11-14)23(35)30-26(27)29-19)15-3-5-16(6-4-15)22(34)28-20(24(36)37)8-9-21(32)33/h2-7,11,17,20H,8-10,12H2,1H3,(H,28,34)(H,32,33)(H,36,37)(H3,27,29,30,35). The van der Waals surface area contributed by atoms with Gasteiger partial charge in [0.05, 0.1) is 17.5 Å². The van der Waals surface area contributed by atoms with E-state index in [1.54, 1.807) is 30.3 Å². The fourth-order valence-corrected chi connectivity index (χ4v) is 3.84. The molecule has 0 aliphatic carbocycles. The molecule has 0 fully saturated rings. The lowest BCUT2D eigenvalue weighted by molar-refractivity contribution is -0.153. The number of hydrogen-bond donors (Lipinski definition) is 5. The molecule has 0 aliphatic heterocycles. The Balaban J connectivity index is 1.83. The van der Waals surface area contributed by atoms with Crippen molar-refractivity contribution in [2.75, 3.05) is 12.3 Å². The average molecular weight is 539 g/mol. The first-order valence-electron chi connectivity index (χ1n) is 11.8. The summed E-state index contributed by atoms with van der Waals surface area (Å²) < 4.78 is 5.14. The summed E-state index contributed by atoms with van der Waals surface area (Å²) in [4.78, 5) is 76.7. The van der Waals surface area contributed by atoms with Crippen LogP contribution in [-0.4, -0.2) is 62.4 Å². The Morgan fingerprint density at radius 3 is 2.38 bits per heavy atom. The summed E-state index contributed by atoms with van der Waals surface area (Å²) in [7, 11) is 0. The topological polar surface area (TPSA) is 219 Å². The summed E-state index contributed by atoms with van der Waals surface area (Å²) >= 11 is 0. The maximum absolute atomic E-state index is 12.6. The van der Waals surface area contributed by atoms with E-state index >= 15 is 0 Å². The zero-order valence-electron chi connectivity index (χ0n) is 20.8. The van der Waals surface area contributed by atoms with Gasteiger partial charge in [-0.2, -0.15) is 0 Å². The molecular weight excluding hydrogens is 512 g/mol. The highest BCUT2D eigenvalue weighted by Gasteiger charge is 2.23. The van der Waals surface area contributed by atoms with Crippen molar-refractivity contribution in [3.05, 3.63) is 69.5 Å². The average Bonchev–Trinajstić information content (AvgIpc) is 2.88. The number of amides is 1. The minimum Gasteiger partial charge on any atom is -0.481 e. The summed E-state index contributed by atoms with van der Waals surface area (Å²) in [5.74, 6) is -5.53. The molecule has 13 heteroatoms. The van der Waals surface area contributed by atoms with Crippen molar-refractivity contribution < 1.29 is 38.9 Å². The van der Waals surface area contributed by atoms with E-state index in [0.717, 1.165) is 6.92 Å². The molecule has 0 saturated carbocycles. The number of rotatable bonds is 12. The number of carbonyl (C=O) groups excluding carboxylic acids is 3. The number of hydrogen-bond acceptors (Lipinski definition) is 9. The van der Waals surface area contributed by atoms with Gasteiger partial charge in [0.25, 0.3) is 11.5 Å². The highest BCUT2D eigenvalue weighted by atomic mass is 16.5. The van der Waals surface area contributed by atoms with Crippen LogP contribution in [0.4, 0.5) is 5.95 Å². The third kappa shape index (κ3) is 7.71. The van der Waals surface area contributed by atoms with Gasteiger partial charge in [-0.1, -0.05) is 18.2 Å². The van der Waals surface area contributed by atoms with Crippen molar-refractivity contribution in [2.24, 2.45) is 0 Å². The number of aromatic nitrogens is 2. The van der Waals surface area contributed by atoms with Gasteiger partial charge in [0, 0.05) is 24.8 Å². The second-order valence-electron chi connectivity index (χ2n) is 8.78. The number of anilines is 1. The predicted molar refractivity (Wildman–Crippen MR) is 137 cm³/mol. The maximum Gasteiger partial charge on any atom is 0.374 e. The van der Waals surface area contributed by atoms with Crippen LogP contribution in [0.3, 0.4) is 0 Å². The van der Waals surface area contributed by atoms with E-state index in [1.165, 1.54) is 12.1 Å². The number of ether oxygens (including phenoxy) is 1. The molecular formula is C26H26N4O9. The number of benzene rings is 2. The third-order valence-corrected chi connectivity index (χ3v) is 5.87. The van der Waals surface area contributed by atoms with Crippen molar-refractivity contribution in [3.8, 4) is 0 Å². The number of H-pyrrole nitrogens is 1. The fraction of sp³-hybridized carbons (Fsp3) is 0.269. The normalized spacial score (nSPS) is 12.3. The number of carboxylic acid groups (broad SMARTS) is 2. The van der Waals surface area contributed by atoms with Crippen molar-refractivity contribution in [1.82, 2.24) is 15.3 Å². The molecule has 2 atom stereocenters. The smallest absolute Gasteiger partial charge is 0.374 e. The summed E-state index contributed by atoms with van der Waals surface area (Å²) in [5, 5.41) is 20.7. The number of ketones is 1. The second-order valence-corrected chi connectivity index (χ2v) is 8.78. The minimum absolute atomic E-state index is 0.0186. The van der Waals surface area contributed by atoms with Crippen LogP contribution in [0.25, 0.3) is 10.9 Å². The minimum atomic E-state index is -1.38. The van der Waals surface area contributed by atoms with Gasteiger partial charge in [-0.15, -0.1) is 0 Å². The molecule has 2 aromatic carbocycles. The van der Waals surface area contributed by atoms with E-state index < -0.39 is 53.5 Å². The van der Waals surface area contributed by atoms with Gasteiger partial charge >= 0.3 is 17.9 Å². The number of nitrogens with two attached hydrogens (primary N) is 1. The first-order valence-corrected chi connectivity index (χ1v) is 11.8. The lowest BCUT2D eigenvalue weighted by atomic mass is 9.91. The predicted octanol–water partition coefficient (Wildman–Crippen LogP) is 1.01. The highest BCUT2D eigenvalue weighted by Crippen LogP contribution is 2.24. The van der Waals surface area contributed by atoms with Crippen LogP contribution in [0.2, 0.25) is 0 Å². The summed E-state index contributed by atoms with van der Waals surface area (Å²) in [6.45, 7) is 0.911. The SMILES string of the molecule is CC(=O)C(=O)OCC(Cc1ccc2nc(N)[nH]c(=O)c2c1)c1ccc(C(=O)NC(CCC(=O)O)C(=O)O)cc1. The summed E-state index contributed by atoms with van der Waals surface area (Å²) in [6.07, 6.45) is -0.428. The van der Waals surface area contributed by atoms with Gasteiger partial charge in [-0.25, -0.2) is 14.6 Å². The Morgan fingerprint density at radius 2 is 1.77 bits per heavy atom. The van der Waals surface area contributed by atoms with Gasteiger partial charge in [-0.05, 0) is 48.2 Å². The van der Waals surface area contributed by atoms with Crippen molar-refractivity contribution in [3.63, 3.8) is 0 Å². The molecule has 204 valence electrons. The zero-order chi connectivity index (χ0) is 28.7. The second kappa shape index (κ2) is 12.4.